The zero-order valence-corrected chi connectivity index (χ0v) is 18.0. The van der Waals surface area contributed by atoms with Crippen LogP contribution in [0.5, 0.6) is 0 Å². The molecule has 0 spiro atoms. The predicted molar refractivity (Wildman–Crippen MR) is 119 cm³/mol. The van der Waals surface area contributed by atoms with Crippen LogP contribution in [-0.4, -0.2) is 63.9 Å². The normalized spacial score (nSPS) is 17.3. The van der Waals surface area contributed by atoms with E-state index in [2.05, 4.69) is 46.3 Å². The molecule has 6 nitrogen and oxygen atoms in total. The molecule has 0 bridgehead atoms. The number of rotatable bonds is 7. The second-order valence-electron chi connectivity index (χ2n) is 8.48. The van der Waals surface area contributed by atoms with Gasteiger partial charge < -0.3 is 9.80 Å². The zero-order valence-electron chi connectivity index (χ0n) is 18.0. The van der Waals surface area contributed by atoms with Crippen LogP contribution in [0, 0.1) is 12.8 Å². The number of likely N-dealkylation sites (N-methyl/N-ethyl adjacent to an activating group) is 1. The van der Waals surface area contributed by atoms with Crippen molar-refractivity contribution in [1.29, 1.82) is 0 Å². The summed E-state index contributed by atoms with van der Waals surface area (Å²) in [4.78, 5) is 18.6. The second-order valence-corrected chi connectivity index (χ2v) is 8.48. The van der Waals surface area contributed by atoms with E-state index in [4.69, 9.17) is 0 Å². The molecule has 6 heteroatoms. The summed E-state index contributed by atoms with van der Waals surface area (Å²) in [5.74, 6) is 0.585. The largest absolute Gasteiger partial charge is 0.344 e. The van der Waals surface area contributed by atoms with Crippen molar-refractivity contribution in [2.75, 3.05) is 33.2 Å². The van der Waals surface area contributed by atoms with Crippen LogP contribution in [-0.2, 0) is 17.8 Å². The first-order chi connectivity index (χ1) is 14.6. The number of fused-ring (bicyclic) bond motifs is 1. The van der Waals surface area contributed by atoms with Gasteiger partial charge in [-0.25, -0.2) is 0 Å². The van der Waals surface area contributed by atoms with E-state index in [0.29, 0.717) is 5.92 Å². The van der Waals surface area contributed by atoms with E-state index in [9.17, 15) is 4.79 Å². The number of carbonyl (C=O) groups is 1. The molecule has 158 valence electrons. The first-order valence-corrected chi connectivity index (χ1v) is 10.9. The van der Waals surface area contributed by atoms with Gasteiger partial charge in [0.1, 0.15) is 17.6 Å². The van der Waals surface area contributed by atoms with Crippen molar-refractivity contribution in [3.8, 4) is 0 Å². The SMILES string of the molecule is Cc1ccccc1CCN1CCC[C@@H](CN(C)C(=O)Cn2nc3ccccc3n2)C1. The lowest BCUT2D eigenvalue weighted by Crippen LogP contribution is -2.43. The number of hydrogen-bond acceptors (Lipinski definition) is 4. The summed E-state index contributed by atoms with van der Waals surface area (Å²) in [6.45, 7) is 6.47. The first-order valence-electron chi connectivity index (χ1n) is 10.9. The van der Waals surface area contributed by atoms with Gasteiger partial charge in [0.2, 0.25) is 5.91 Å². The highest BCUT2D eigenvalue weighted by molar-refractivity contribution is 5.77. The Kier molecular flexibility index (Phi) is 6.43. The molecule has 1 fully saturated rings. The van der Waals surface area contributed by atoms with Crippen molar-refractivity contribution in [2.24, 2.45) is 5.92 Å². The Hall–Kier alpha value is -2.73. The summed E-state index contributed by atoms with van der Waals surface area (Å²) >= 11 is 0. The monoisotopic (exact) mass is 405 g/mol. The highest BCUT2D eigenvalue weighted by Gasteiger charge is 2.23. The molecule has 1 aromatic heterocycles. The van der Waals surface area contributed by atoms with Crippen molar-refractivity contribution in [2.45, 2.75) is 32.7 Å². The van der Waals surface area contributed by atoms with Gasteiger partial charge in [0.25, 0.3) is 0 Å². The number of piperidine rings is 1. The van der Waals surface area contributed by atoms with Crippen molar-refractivity contribution < 1.29 is 4.79 Å². The Labute approximate surface area is 178 Å². The van der Waals surface area contributed by atoms with Gasteiger partial charge in [0.15, 0.2) is 0 Å². The average Bonchev–Trinajstić information content (AvgIpc) is 3.15. The predicted octanol–water partition coefficient (Wildman–Crippen LogP) is 3.15. The van der Waals surface area contributed by atoms with Gasteiger partial charge in [-0.1, -0.05) is 36.4 Å². The van der Waals surface area contributed by atoms with E-state index in [0.717, 1.165) is 43.6 Å². The fourth-order valence-electron chi connectivity index (χ4n) is 4.38. The number of hydrogen-bond donors (Lipinski definition) is 0. The summed E-state index contributed by atoms with van der Waals surface area (Å²) in [6, 6.07) is 16.3. The summed E-state index contributed by atoms with van der Waals surface area (Å²) in [6.07, 6.45) is 3.47. The van der Waals surface area contributed by atoms with E-state index in [1.165, 1.54) is 28.8 Å². The summed E-state index contributed by atoms with van der Waals surface area (Å²) in [7, 11) is 1.90. The van der Waals surface area contributed by atoms with E-state index in [-0.39, 0.29) is 12.5 Å². The number of likely N-dealkylation sites (tertiary alicyclic amines) is 1. The number of nitrogens with zero attached hydrogens (tertiary/aromatic N) is 5. The topological polar surface area (TPSA) is 54.3 Å². The van der Waals surface area contributed by atoms with Crippen molar-refractivity contribution in [3.63, 3.8) is 0 Å². The van der Waals surface area contributed by atoms with Crippen LogP contribution in [0.3, 0.4) is 0 Å². The van der Waals surface area contributed by atoms with Crippen molar-refractivity contribution in [1.82, 2.24) is 24.8 Å². The molecular formula is C24H31N5O. The van der Waals surface area contributed by atoms with Gasteiger partial charge >= 0.3 is 0 Å². The molecule has 1 aliphatic heterocycles. The molecule has 1 amide bonds. The van der Waals surface area contributed by atoms with Crippen LogP contribution in [0.25, 0.3) is 11.0 Å². The lowest BCUT2D eigenvalue weighted by atomic mass is 9.96. The maximum Gasteiger partial charge on any atom is 0.245 e. The molecule has 1 aliphatic rings. The van der Waals surface area contributed by atoms with Crippen LogP contribution < -0.4 is 0 Å². The molecule has 1 atom stereocenters. The Morgan fingerprint density at radius 1 is 1.10 bits per heavy atom. The molecule has 0 aliphatic carbocycles. The minimum Gasteiger partial charge on any atom is -0.344 e. The lowest BCUT2D eigenvalue weighted by Gasteiger charge is -2.34. The molecule has 0 unspecified atom stereocenters. The molecule has 2 aromatic carbocycles. The molecule has 3 aromatic rings. The van der Waals surface area contributed by atoms with Gasteiger partial charge in [-0.2, -0.15) is 15.0 Å². The van der Waals surface area contributed by atoms with E-state index in [1.54, 1.807) is 0 Å². The van der Waals surface area contributed by atoms with Crippen LogP contribution in [0.15, 0.2) is 48.5 Å². The van der Waals surface area contributed by atoms with Crippen LogP contribution in [0.1, 0.15) is 24.0 Å². The lowest BCUT2D eigenvalue weighted by molar-refractivity contribution is -0.131. The number of amides is 1. The number of aromatic nitrogens is 3. The van der Waals surface area contributed by atoms with Crippen LogP contribution in [0.2, 0.25) is 0 Å². The fourth-order valence-corrected chi connectivity index (χ4v) is 4.38. The Bertz CT molecular complexity index is 965. The van der Waals surface area contributed by atoms with Gasteiger partial charge in [-0.3, -0.25) is 4.79 Å². The van der Waals surface area contributed by atoms with Gasteiger partial charge in [0.05, 0.1) is 0 Å². The van der Waals surface area contributed by atoms with Gasteiger partial charge in [-0.15, -0.1) is 0 Å². The smallest absolute Gasteiger partial charge is 0.245 e. The quantitative estimate of drug-likeness (QED) is 0.606. The van der Waals surface area contributed by atoms with Crippen molar-refractivity contribution >= 4 is 16.9 Å². The Morgan fingerprint density at radius 2 is 1.80 bits per heavy atom. The maximum absolute atomic E-state index is 12.7. The highest BCUT2D eigenvalue weighted by atomic mass is 16.2. The molecule has 2 heterocycles. The summed E-state index contributed by atoms with van der Waals surface area (Å²) in [5.41, 5.74) is 4.45. The minimum absolute atomic E-state index is 0.0624. The Morgan fingerprint density at radius 3 is 2.53 bits per heavy atom. The number of benzene rings is 2. The van der Waals surface area contributed by atoms with Crippen molar-refractivity contribution in [3.05, 3.63) is 59.7 Å². The third-order valence-corrected chi connectivity index (χ3v) is 6.12. The molecule has 30 heavy (non-hydrogen) atoms. The average molecular weight is 406 g/mol. The zero-order chi connectivity index (χ0) is 20.9. The maximum atomic E-state index is 12.7. The van der Waals surface area contributed by atoms with Gasteiger partial charge in [-0.05, 0) is 61.9 Å². The number of aryl methyl sites for hydroxylation is 1. The molecule has 1 saturated heterocycles. The third-order valence-electron chi connectivity index (χ3n) is 6.12. The van der Waals surface area contributed by atoms with Crippen LogP contribution >= 0.6 is 0 Å². The molecule has 4 rings (SSSR count). The summed E-state index contributed by atoms with van der Waals surface area (Å²) < 4.78 is 0. The molecule has 0 N–H and O–H groups in total. The van der Waals surface area contributed by atoms with E-state index < -0.39 is 0 Å². The first kappa shape index (κ1) is 20.5. The molecule has 0 saturated carbocycles. The van der Waals surface area contributed by atoms with Gasteiger partial charge in [0, 0.05) is 26.7 Å². The summed E-state index contributed by atoms with van der Waals surface area (Å²) in [5, 5.41) is 8.81. The molecule has 0 radical (unpaired) electrons. The highest BCUT2D eigenvalue weighted by Crippen LogP contribution is 2.19. The van der Waals surface area contributed by atoms with E-state index in [1.807, 2.05) is 36.2 Å². The second kappa shape index (κ2) is 9.39. The Balaban J connectivity index is 1.27. The third kappa shape index (κ3) is 5.05. The minimum atomic E-state index is 0.0624. The van der Waals surface area contributed by atoms with Crippen LogP contribution in [0.4, 0.5) is 0 Å². The number of carbonyl (C=O) groups excluding carboxylic acids is 1. The standard InChI is InChI=1S/C24H31N5O/c1-19-8-3-4-10-21(19)13-15-28-14-7-9-20(17-28)16-27(2)24(30)18-29-25-22-11-5-6-12-23(22)26-29/h3-6,8,10-12,20H,7,9,13-18H2,1-2H3/t20-/m0/s1. The molecular weight excluding hydrogens is 374 g/mol. The van der Waals surface area contributed by atoms with E-state index >= 15 is 0 Å². The fraction of sp³-hybridized carbons (Fsp3) is 0.458.